The van der Waals surface area contributed by atoms with E-state index >= 15 is 0 Å². The summed E-state index contributed by atoms with van der Waals surface area (Å²) in [6, 6.07) is 7.43. The average Bonchev–Trinajstić information content (AvgIpc) is 3.07. The maximum Gasteiger partial charge on any atom is 0.251 e. The number of amides is 2. The zero-order chi connectivity index (χ0) is 16.7. The number of benzene rings is 1. The molecule has 4 N–H and O–H groups in total. The lowest BCUT2D eigenvalue weighted by atomic mass is 10.1. The molecule has 1 aliphatic rings. The Hall–Kier alpha value is -1.59. The SMILES string of the molecule is CC(N)CCNC(=O)c1ccc(CNC(=O)C2CCCC2)cc1.Cl. The first-order valence-electron chi connectivity index (χ1n) is 8.46. The van der Waals surface area contributed by atoms with E-state index in [-0.39, 0.29) is 36.2 Å². The van der Waals surface area contributed by atoms with Crippen molar-refractivity contribution in [1.29, 1.82) is 0 Å². The number of carbonyl (C=O) groups is 2. The van der Waals surface area contributed by atoms with Crippen LogP contribution in [0.4, 0.5) is 0 Å². The monoisotopic (exact) mass is 353 g/mol. The van der Waals surface area contributed by atoms with Crippen LogP contribution < -0.4 is 16.4 Å². The van der Waals surface area contributed by atoms with Crippen LogP contribution in [0, 0.1) is 5.92 Å². The van der Waals surface area contributed by atoms with Crippen molar-refractivity contribution in [1.82, 2.24) is 10.6 Å². The fourth-order valence-corrected chi connectivity index (χ4v) is 2.81. The van der Waals surface area contributed by atoms with Gasteiger partial charge in [-0.3, -0.25) is 9.59 Å². The van der Waals surface area contributed by atoms with Gasteiger partial charge in [-0.05, 0) is 43.9 Å². The summed E-state index contributed by atoms with van der Waals surface area (Å²) in [5.41, 5.74) is 7.28. The van der Waals surface area contributed by atoms with Crippen LogP contribution in [0.3, 0.4) is 0 Å². The molecule has 0 saturated heterocycles. The minimum absolute atomic E-state index is 0. The Bertz CT molecular complexity index is 526. The lowest BCUT2D eigenvalue weighted by molar-refractivity contribution is -0.124. The topological polar surface area (TPSA) is 84.2 Å². The van der Waals surface area contributed by atoms with E-state index in [0.29, 0.717) is 18.7 Å². The summed E-state index contributed by atoms with van der Waals surface area (Å²) in [5, 5.41) is 5.83. The maximum absolute atomic E-state index is 12.0. The van der Waals surface area contributed by atoms with E-state index < -0.39 is 0 Å². The standard InChI is InChI=1S/C18H27N3O2.ClH/c1-13(19)10-11-20-17(22)16-8-6-14(7-9-16)12-21-18(23)15-4-2-3-5-15;/h6-9,13,15H,2-5,10-12,19H2,1H3,(H,20,22)(H,21,23);1H. The highest BCUT2D eigenvalue weighted by Gasteiger charge is 2.22. The largest absolute Gasteiger partial charge is 0.352 e. The normalized spacial score (nSPS) is 15.4. The Labute approximate surface area is 150 Å². The molecular formula is C18H28ClN3O2. The highest BCUT2D eigenvalue weighted by Crippen LogP contribution is 2.24. The van der Waals surface area contributed by atoms with Crippen molar-refractivity contribution in [3.63, 3.8) is 0 Å². The molecule has 2 rings (SSSR count). The summed E-state index contributed by atoms with van der Waals surface area (Å²) in [7, 11) is 0. The van der Waals surface area contributed by atoms with E-state index in [1.165, 1.54) is 0 Å². The van der Waals surface area contributed by atoms with E-state index in [4.69, 9.17) is 5.73 Å². The molecule has 0 heterocycles. The van der Waals surface area contributed by atoms with Crippen LogP contribution in [0.5, 0.6) is 0 Å². The molecule has 6 heteroatoms. The molecule has 2 amide bonds. The second-order valence-corrected chi connectivity index (χ2v) is 6.42. The number of nitrogens with two attached hydrogens (primary N) is 1. The van der Waals surface area contributed by atoms with Gasteiger partial charge in [0.25, 0.3) is 5.91 Å². The second kappa shape index (κ2) is 10.3. The zero-order valence-corrected chi connectivity index (χ0v) is 15.0. The van der Waals surface area contributed by atoms with Crippen molar-refractivity contribution in [2.75, 3.05) is 6.54 Å². The number of nitrogens with one attached hydrogen (secondary N) is 2. The number of rotatable bonds is 7. The molecule has 5 nitrogen and oxygen atoms in total. The van der Waals surface area contributed by atoms with Crippen molar-refractivity contribution in [2.45, 2.75) is 51.6 Å². The van der Waals surface area contributed by atoms with Crippen molar-refractivity contribution in [2.24, 2.45) is 11.7 Å². The number of hydrogen-bond donors (Lipinski definition) is 3. The third kappa shape index (κ3) is 6.49. The molecule has 1 aromatic carbocycles. The first-order valence-corrected chi connectivity index (χ1v) is 8.46. The predicted molar refractivity (Wildman–Crippen MR) is 98.1 cm³/mol. The van der Waals surface area contributed by atoms with Crippen LogP contribution in [-0.4, -0.2) is 24.4 Å². The Morgan fingerprint density at radius 1 is 1.17 bits per heavy atom. The molecule has 1 fully saturated rings. The summed E-state index contributed by atoms with van der Waals surface area (Å²) in [4.78, 5) is 23.9. The Balaban J connectivity index is 0.00000288. The van der Waals surface area contributed by atoms with E-state index in [1.54, 1.807) is 12.1 Å². The second-order valence-electron chi connectivity index (χ2n) is 6.42. The van der Waals surface area contributed by atoms with Crippen LogP contribution >= 0.6 is 12.4 Å². The van der Waals surface area contributed by atoms with Gasteiger partial charge in [-0.25, -0.2) is 0 Å². The molecule has 1 aliphatic carbocycles. The minimum atomic E-state index is -0.0906. The van der Waals surface area contributed by atoms with Gasteiger partial charge in [0.05, 0.1) is 0 Å². The highest BCUT2D eigenvalue weighted by molar-refractivity contribution is 5.94. The van der Waals surface area contributed by atoms with Crippen LogP contribution in [-0.2, 0) is 11.3 Å². The number of hydrogen-bond acceptors (Lipinski definition) is 3. The summed E-state index contributed by atoms with van der Waals surface area (Å²) < 4.78 is 0. The fourth-order valence-electron chi connectivity index (χ4n) is 2.81. The molecule has 1 unspecified atom stereocenters. The van der Waals surface area contributed by atoms with Gasteiger partial charge in [-0.2, -0.15) is 0 Å². The van der Waals surface area contributed by atoms with Gasteiger partial charge in [0.2, 0.25) is 5.91 Å². The molecule has 1 atom stereocenters. The molecule has 0 aliphatic heterocycles. The highest BCUT2D eigenvalue weighted by atomic mass is 35.5. The zero-order valence-electron chi connectivity index (χ0n) is 14.2. The third-order valence-corrected chi connectivity index (χ3v) is 4.29. The van der Waals surface area contributed by atoms with Crippen LogP contribution in [0.15, 0.2) is 24.3 Å². The van der Waals surface area contributed by atoms with Crippen LogP contribution in [0.2, 0.25) is 0 Å². The van der Waals surface area contributed by atoms with Crippen molar-refractivity contribution < 1.29 is 9.59 Å². The van der Waals surface area contributed by atoms with Crippen LogP contribution in [0.25, 0.3) is 0 Å². The van der Waals surface area contributed by atoms with Crippen LogP contribution in [0.1, 0.15) is 54.9 Å². The lowest BCUT2D eigenvalue weighted by Gasteiger charge is -2.11. The minimum Gasteiger partial charge on any atom is -0.352 e. The molecule has 1 saturated carbocycles. The molecular weight excluding hydrogens is 326 g/mol. The molecule has 1 aromatic rings. The van der Waals surface area contributed by atoms with Gasteiger partial charge in [-0.1, -0.05) is 25.0 Å². The van der Waals surface area contributed by atoms with Gasteiger partial charge in [-0.15, -0.1) is 12.4 Å². The van der Waals surface area contributed by atoms with E-state index in [2.05, 4.69) is 10.6 Å². The smallest absolute Gasteiger partial charge is 0.251 e. The van der Waals surface area contributed by atoms with E-state index in [0.717, 1.165) is 37.7 Å². The first kappa shape index (κ1) is 20.5. The van der Waals surface area contributed by atoms with Gasteiger partial charge in [0, 0.05) is 30.6 Å². The van der Waals surface area contributed by atoms with Crippen molar-refractivity contribution >= 4 is 24.2 Å². The molecule has 0 spiro atoms. The fraction of sp³-hybridized carbons (Fsp3) is 0.556. The third-order valence-electron chi connectivity index (χ3n) is 4.29. The van der Waals surface area contributed by atoms with E-state index in [1.807, 2.05) is 19.1 Å². The number of halogens is 1. The molecule has 0 radical (unpaired) electrons. The van der Waals surface area contributed by atoms with Gasteiger partial charge < -0.3 is 16.4 Å². The van der Waals surface area contributed by atoms with Crippen molar-refractivity contribution in [3.8, 4) is 0 Å². The molecule has 0 bridgehead atoms. The summed E-state index contributed by atoms with van der Waals surface area (Å²) in [6.07, 6.45) is 5.09. The average molecular weight is 354 g/mol. The van der Waals surface area contributed by atoms with Crippen molar-refractivity contribution in [3.05, 3.63) is 35.4 Å². The first-order chi connectivity index (χ1) is 11.1. The number of carbonyl (C=O) groups excluding carboxylic acids is 2. The Morgan fingerprint density at radius 3 is 2.38 bits per heavy atom. The maximum atomic E-state index is 12.0. The summed E-state index contributed by atoms with van der Waals surface area (Å²) >= 11 is 0. The van der Waals surface area contributed by atoms with Gasteiger partial charge in [0.15, 0.2) is 0 Å². The molecule has 0 aromatic heterocycles. The summed E-state index contributed by atoms with van der Waals surface area (Å²) in [5.74, 6) is 0.248. The van der Waals surface area contributed by atoms with Gasteiger partial charge >= 0.3 is 0 Å². The molecule has 134 valence electrons. The predicted octanol–water partition coefficient (Wildman–Crippen LogP) is 2.38. The lowest BCUT2D eigenvalue weighted by Crippen LogP contribution is -2.29. The Morgan fingerprint density at radius 2 is 1.79 bits per heavy atom. The summed E-state index contributed by atoms with van der Waals surface area (Å²) in [6.45, 7) is 3.01. The molecule has 24 heavy (non-hydrogen) atoms. The quantitative estimate of drug-likeness (QED) is 0.703. The van der Waals surface area contributed by atoms with E-state index in [9.17, 15) is 9.59 Å². The van der Waals surface area contributed by atoms with Gasteiger partial charge in [0.1, 0.15) is 0 Å². The Kier molecular flexibility index (Phi) is 8.79.